The maximum absolute atomic E-state index is 12.7. The Balaban J connectivity index is 1.35. The van der Waals surface area contributed by atoms with Crippen LogP contribution in [0.2, 0.25) is 5.02 Å². The van der Waals surface area contributed by atoms with Gasteiger partial charge in [-0.3, -0.25) is 4.79 Å². The van der Waals surface area contributed by atoms with Crippen LogP contribution in [0.15, 0.2) is 34.9 Å². The predicted octanol–water partition coefficient (Wildman–Crippen LogP) is 3.56. The first-order chi connectivity index (χ1) is 14.4. The molecule has 0 radical (unpaired) electrons. The van der Waals surface area contributed by atoms with E-state index in [0.29, 0.717) is 36.2 Å². The van der Waals surface area contributed by atoms with Gasteiger partial charge in [-0.2, -0.15) is 0 Å². The van der Waals surface area contributed by atoms with Crippen LogP contribution in [0.25, 0.3) is 10.9 Å². The number of hydrogen-bond donors (Lipinski definition) is 2. The summed E-state index contributed by atoms with van der Waals surface area (Å²) in [6, 6.07) is 7.36. The van der Waals surface area contributed by atoms with Gasteiger partial charge in [0.05, 0.1) is 12.6 Å². The minimum atomic E-state index is -0.178. The Hall–Kier alpha value is -3.00. The van der Waals surface area contributed by atoms with Gasteiger partial charge in [0.2, 0.25) is 0 Å². The number of nitrogens with one attached hydrogen (secondary N) is 2. The molecular formula is C21H24ClN5O3. The number of carbonyl (C=O) groups excluding carboxylic acids is 2. The van der Waals surface area contributed by atoms with Crippen molar-refractivity contribution >= 4 is 34.4 Å². The van der Waals surface area contributed by atoms with E-state index >= 15 is 0 Å². The first-order valence-corrected chi connectivity index (χ1v) is 10.3. The molecule has 1 aromatic carbocycles. The second-order valence-electron chi connectivity index (χ2n) is 7.59. The van der Waals surface area contributed by atoms with Crippen molar-refractivity contribution in [1.82, 2.24) is 25.1 Å². The number of piperidine rings is 1. The van der Waals surface area contributed by atoms with E-state index < -0.39 is 0 Å². The zero-order chi connectivity index (χ0) is 21.3. The molecule has 30 heavy (non-hydrogen) atoms. The van der Waals surface area contributed by atoms with Crippen molar-refractivity contribution in [2.75, 3.05) is 20.1 Å². The Morgan fingerprint density at radius 3 is 3.00 bits per heavy atom. The van der Waals surface area contributed by atoms with Crippen LogP contribution in [0, 0.1) is 6.92 Å². The van der Waals surface area contributed by atoms with Gasteiger partial charge in [-0.1, -0.05) is 11.6 Å². The van der Waals surface area contributed by atoms with Gasteiger partial charge in [-0.25, -0.2) is 9.78 Å². The highest BCUT2D eigenvalue weighted by molar-refractivity contribution is 6.31. The third-order valence-corrected chi connectivity index (χ3v) is 5.69. The first-order valence-electron chi connectivity index (χ1n) is 9.90. The maximum atomic E-state index is 12.7. The van der Waals surface area contributed by atoms with Gasteiger partial charge in [0, 0.05) is 48.7 Å². The Morgan fingerprint density at radius 2 is 2.23 bits per heavy atom. The third-order valence-electron chi connectivity index (χ3n) is 5.46. The van der Waals surface area contributed by atoms with E-state index in [1.165, 1.54) is 6.26 Å². The molecule has 158 valence electrons. The lowest BCUT2D eigenvalue weighted by molar-refractivity contribution is 0.0630. The summed E-state index contributed by atoms with van der Waals surface area (Å²) in [4.78, 5) is 36.1. The summed E-state index contributed by atoms with van der Waals surface area (Å²) in [6.45, 7) is 3.20. The molecule has 8 nitrogen and oxygen atoms in total. The smallest absolute Gasteiger partial charge is 0.317 e. The number of oxazole rings is 1. The highest BCUT2D eigenvalue weighted by atomic mass is 35.5. The summed E-state index contributed by atoms with van der Waals surface area (Å²) in [7, 11) is 1.76. The number of aromatic amines is 1. The molecule has 3 heterocycles. The number of aryl methyl sites for hydroxylation is 1. The number of carbonyl (C=O) groups is 2. The van der Waals surface area contributed by atoms with Crippen LogP contribution in [0.1, 0.15) is 34.9 Å². The molecule has 1 aliphatic heterocycles. The van der Waals surface area contributed by atoms with Crippen molar-refractivity contribution in [2.45, 2.75) is 32.4 Å². The number of likely N-dealkylation sites (N-methyl/N-ethyl adjacent to an activating group) is 1. The lowest BCUT2D eigenvalue weighted by Gasteiger charge is -2.37. The molecule has 1 fully saturated rings. The van der Waals surface area contributed by atoms with Crippen molar-refractivity contribution in [3.05, 3.63) is 52.8 Å². The molecule has 1 saturated heterocycles. The number of halogens is 1. The highest BCUT2D eigenvalue weighted by Gasteiger charge is 2.30. The molecule has 1 atom stereocenters. The normalized spacial score (nSPS) is 16.6. The van der Waals surface area contributed by atoms with Crippen molar-refractivity contribution in [2.24, 2.45) is 0 Å². The van der Waals surface area contributed by atoms with Gasteiger partial charge in [-0.15, -0.1) is 0 Å². The van der Waals surface area contributed by atoms with Crippen molar-refractivity contribution in [3.8, 4) is 0 Å². The summed E-state index contributed by atoms with van der Waals surface area (Å²) < 4.78 is 5.15. The minimum Gasteiger partial charge on any atom is -0.448 e. The SMILES string of the molecule is Cc1nc(C(=O)N2CCC[C@@H](N(C)C(=O)NCc3cc4cc(Cl)ccc4[nH]3)C2)co1. The van der Waals surface area contributed by atoms with Crippen LogP contribution in [-0.2, 0) is 6.54 Å². The Morgan fingerprint density at radius 1 is 1.40 bits per heavy atom. The van der Waals surface area contributed by atoms with Gasteiger partial charge >= 0.3 is 6.03 Å². The second-order valence-corrected chi connectivity index (χ2v) is 8.03. The molecule has 0 bridgehead atoms. The number of benzene rings is 1. The largest absolute Gasteiger partial charge is 0.448 e. The van der Waals surface area contributed by atoms with Gasteiger partial charge in [0.15, 0.2) is 11.6 Å². The Bertz CT molecular complexity index is 1080. The van der Waals surface area contributed by atoms with E-state index in [-0.39, 0.29) is 18.0 Å². The molecule has 3 aromatic rings. The zero-order valence-electron chi connectivity index (χ0n) is 16.9. The molecule has 2 aromatic heterocycles. The monoisotopic (exact) mass is 429 g/mol. The van der Waals surface area contributed by atoms with Crippen LogP contribution in [0.4, 0.5) is 4.79 Å². The fourth-order valence-corrected chi connectivity index (χ4v) is 3.98. The summed E-state index contributed by atoms with van der Waals surface area (Å²) in [5.74, 6) is 0.296. The molecular weight excluding hydrogens is 406 g/mol. The van der Waals surface area contributed by atoms with Gasteiger partial charge in [0.25, 0.3) is 5.91 Å². The average Bonchev–Trinajstić information content (AvgIpc) is 3.36. The number of H-pyrrole nitrogens is 1. The molecule has 0 aliphatic carbocycles. The van der Waals surface area contributed by atoms with Gasteiger partial charge in [-0.05, 0) is 37.1 Å². The fraction of sp³-hybridized carbons (Fsp3) is 0.381. The summed E-state index contributed by atoms with van der Waals surface area (Å²) in [6.07, 6.45) is 3.05. The fourth-order valence-electron chi connectivity index (χ4n) is 3.80. The topological polar surface area (TPSA) is 94.5 Å². The number of amides is 3. The predicted molar refractivity (Wildman–Crippen MR) is 113 cm³/mol. The number of nitrogens with zero attached hydrogens (tertiary/aromatic N) is 3. The van der Waals surface area contributed by atoms with E-state index in [1.807, 2.05) is 24.3 Å². The van der Waals surface area contributed by atoms with Crippen molar-refractivity contribution in [3.63, 3.8) is 0 Å². The van der Waals surface area contributed by atoms with E-state index in [1.54, 1.807) is 23.8 Å². The molecule has 2 N–H and O–H groups in total. The van der Waals surface area contributed by atoms with Gasteiger partial charge < -0.3 is 24.5 Å². The number of aromatic nitrogens is 2. The van der Waals surface area contributed by atoms with E-state index in [2.05, 4.69) is 15.3 Å². The molecule has 0 spiro atoms. The number of hydrogen-bond acceptors (Lipinski definition) is 4. The number of likely N-dealkylation sites (tertiary alicyclic amines) is 1. The number of fused-ring (bicyclic) bond motifs is 1. The van der Waals surface area contributed by atoms with Crippen LogP contribution < -0.4 is 5.32 Å². The summed E-state index contributed by atoms with van der Waals surface area (Å²) >= 11 is 6.03. The molecule has 4 rings (SSSR count). The first kappa shape index (κ1) is 20.3. The quantitative estimate of drug-likeness (QED) is 0.662. The van der Waals surface area contributed by atoms with Gasteiger partial charge in [0.1, 0.15) is 6.26 Å². The van der Waals surface area contributed by atoms with Crippen LogP contribution >= 0.6 is 11.6 Å². The zero-order valence-corrected chi connectivity index (χ0v) is 17.7. The van der Waals surface area contributed by atoms with Crippen LogP contribution in [-0.4, -0.2) is 57.9 Å². The lowest BCUT2D eigenvalue weighted by atomic mass is 10.0. The van der Waals surface area contributed by atoms with Crippen molar-refractivity contribution < 1.29 is 14.0 Å². The molecule has 3 amide bonds. The molecule has 0 unspecified atom stereocenters. The standard InChI is InChI=1S/C21H24ClN5O3/c1-13-24-19(12-30-13)20(28)27-7-3-4-17(11-27)26(2)21(29)23-10-16-9-14-8-15(22)5-6-18(14)25-16/h5-6,8-9,12,17,25H,3-4,7,10-11H2,1-2H3,(H,23,29)/t17-/m1/s1. The molecule has 1 aliphatic rings. The summed E-state index contributed by atoms with van der Waals surface area (Å²) in [5.41, 5.74) is 2.18. The molecule has 9 heteroatoms. The van der Waals surface area contributed by atoms with Crippen molar-refractivity contribution in [1.29, 1.82) is 0 Å². The van der Waals surface area contributed by atoms with E-state index in [0.717, 1.165) is 29.4 Å². The highest BCUT2D eigenvalue weighted by Crippen LogP contribution is 2.20. The average molecular weight is 430 g/mol. The lowest BCUT2D eigenvalue weighted by Crippen LogP contribution is -2.52. The second kappa shape index (κ2) is 8.39. The Kier molecular flexibility index (Phi) is 5.67. The number of rotatable bonds is 4. The number of urea groups is 1. The Labute approximate surface area is 179 Å². The summed E-state index contributed by atoms with van der Waals surface area (Å²) in [5, 5.41) is 4.62. The van der Waals surface area contributed by atoms with Crippen LogP contribution in [0.3, 0.4) is 0 Å². The maximum Gasteiger partial charge on any atom is 0.317 e. The third kappa shape index (κ3) is 4.28. The van der Waals surface area contributed by atoms with E-state index in [9.17, 15) is 9.59 Å². The van der Waals surface area contributed by atoms with E-state index in [4.69, 9.17) is 16.0 Å². The molecule has 0 saturated carbocycles. The minimum absolute atomic E-state index is 0.0581. The van der Waals surface area contributed by atoms with Crippen LogP contribution in [0.5, 0.6) is 0 Å².